The average Bonchev–Trinajstić information content (AvgIpc) is 3.01. The van der Waals surface area contributed by atoms with E-state index in [1.54, 1.807) is 42.6 Å². The Bertz CT molecular complexity index is 1310. The zero-order chi connectivity index (χ0) is 29.2. The molecule has 0 spiro atoms. The Labute approximate surface area is 241 Å². The van der Waals surface area contributed by atoms with Crippen molar-refractivity contribution in [3.05, 3.63) is 48.3 Å². The van der Waals surface area contributed by atoms with Gasteiger partial charge in [-0.25, -0.2) is 19.6 Å². The first kappa shape index (κ1) is 29.9. The highest BCUT2D eigenvalue weighted by Gasteiger charge is 2.24. The van der Waals surface area contributed by atoms with Crippen molar-refractivity contribution in [2.75, 3.05) is 77.4 Å². The molecule has 0 unspecified atom stereocenters. The Morgan fingerprint density at radius 3 is 2.39 bits per heavy atom. The van der Waals surface area contributed by atoms with Crippen LogP contribution in [0.2, 0.25) is 0 Å². The predicted octanol–water partition coefficient (Wildman–Crippen LogP) is 4.28. The smallest absolute Gasteiger partial charge is 0.337 e. The second-order valence-corrected chi connectivity index (χ2v) is 10.0. The third-order valence-electron chi connectivity index (χ3n) is 7.16. The van der Waals surface area contributed by atoms with E-state index in [2.05, 4.69) is 39.1 Å². The molecule has 1 N–H and O–H groups in total. The van der Waals surface area contributed by atoms with E-state index in [0.29, 0.717) is 55.5 Å². The van der Waals surface area contributed by atoms with Gasteiger partial charge in [0.1, 0.15) is 12.1 Å². The van der Waals surface area contributed by atoms with Crippen LogP contribution in [0.25, 0.3) is 10.9 Å². The van der Waals surface area contributed by atoms with Crippen LogP contribution in [0, 0.1) is 0 Å². The number of nitrogens with one attached hydrogen (secondary N) is 1. The van der Waals surface area contributed by atoms with Crippen LogP contribution in [-0.4, -0.2) is 98.9 Å². The Morgan fingerprint density at radius 2 is 1.71 bits per heavy atom. The van der Waals surface area contributed by atoms with Gasteiger partial charge >= 0.3 is 12.0 Å². The number of rotatable bonds is 12. The third-order valence-corrected chi connectivity index (χ3v) is 7.16. The third kappa shape index (κ3) is 7.75. The largest absolute Gasteiger partial charge is 0.493 e. The second-order valence-electron chi connectivity index (χ2n) is 10.0. The van der Waals surface area contributed by atoms with Crippen LogP contribution >= 0.6 is 0 Å². The first-order chi connectivity index (χ1) is 19.9. The molecule has 41 heavy (non-hydrogen) atoms. The predicted molar refractivity (Wildman–Crippen MR) is 159 cm³/mol. The van der Waals surface area contributed by atoms with Gasteiger partial charge in [0, 0.05) is 49.9 Å². The lowest BCUT2D eigenvalue weighted by Crippen LogP contribution is -2.50. The number of carbonyl (C=O) groups excluding carboxylic acids is 2. The number of fused-ring (bicyclic) bond motifs is 1. The summed E-state index contributed by atoms with van der Waals surface area (Å²) in [7, 11) is 5.11. The van der Waals surface area contributed by atoms with Gasteiger partial charge in [0.15, 0.2) is 11.5 Å². The Balaban J connectivity index is 1.36. The lowest BCUT2D eigenvalue weighted by molar-refractivity contribution is 0.0600. The van der Waals surface area contributed by atoms with Crippen molar-refractivity contribution in [1.29, 1.82) is 0 Å². The highest BCUT2D eigenvalue weighted by Crippen LogP contribution is 2.35. The van der Waals surface area contributed by atoms with Crippen LogP contribution < -0.4 is 19.7 Å². The lowest BCUT2D eigenvalue weighted by atomic mass is 10.2. The van der Waals surface area contributed by atoms with Crippen molar-refractivity contribution >= 4 is 34.4 Å². The fourth-order valence-corrected chi connectivity index (χ4v) is 4.76. The normalized spacial score (nSPS) is 13.4. The number of carbonyl (C=O) groups is 2. The van der Waals surface area contributed by atoms with Crippen LogP contribution in [-0.2, 0) is 4.74 Å². The number of esters is 1. The molecule has 2 heterocycles. The molecule has 1 aromatic heterocycles. The summed E-state index contributed by atoms with van der Waals surface area (Å²) in [6, 6.07) is 10.3. The topological polar surface area (TPSA) is 109 Å². The van der Waals surface area contributed by atoms with E-state index in [-0.39, 0.29) is 6.03 Å². The second kappa shape index (κ2) is 14.5. The zero-order valence-electron chi connectivity index (χ0n) is 24.4. The van der Waals surface area contributed by atoms with Crippen LogP contribution in [0.5, 0.6) is 11.5 Å². The Kier molecular flexibility index (Phi) is 10.6. The van der Waals surface area contributed by atoms with Crippen LogP contribution in [0.15, 0.2) is 42.7 Å². The van der Waals surface area contributed by atoms with E-state index < -0.39 is 5.97 Å². The number of urea groups is 1. The molecule has 4 rings (SSSR count). The molecule has 220 valence electrons. The van der Waals surface area contributed by atoms with E-state index >= 15 is 0 Å². The molecule has 1 fully saturated rings. The number of hydrogen-bond acceptors (Lipinski definition) is 9. The molecule has 0 aliphatic carbocycles. The molecule has 1 saturated heterocycles. The van der Waals surface area contributed by atoms with Gasteiger partial charge in [-0.1, -0.05) is 13.3 Å². The minimum absolute atomic E-state index is 0.192. The van der Waals surface area contributed by atoms with Gasteiger partial charge in [0.25, 0.3) is 0 Å². The van der Waals surface area contributed by atoms with Crippen molar-refractivity contribution < 1.29 is 23.8 Å². The van der Waals surface area contributed by atoms with E-state index in [4.69, 9.17) is 14.2 Å². The maximum atomic E-state index is 12.9. The summed E-state index contributed by atoms with van der Waals surface area (Å²) in [5.41, 5.74) is 1.82. The van der Waals surface area contributed by atoms with Gasteiger partial charge in [0.05, 0.1) is 31.9 Å². The first-order valence-corrected chi connectivity index (χ1v) is 14.1. The summed E-state index contributed by atoms with van der Waals surface area (Å²) < 4.78 is 16.5. The van der Waals surface area contributed by atoms with Gasteiger partial charge in [-0.15, -0.1) is 0 Å². The molecule has 1 aliphatic rings. The number of unbranched alkanes of at least 4 members (excludes halogenated alkanes) is 1. The monoisotopic (exact) mass is 564 g/mol. The fourth-order valence-electron chi connectivity index (χ4n) is 4.76. The molecule has 11 nitrogen and oxygen atoms in total. The van der Waals surface area contributed by atoms with Crippen molar-refractivity contribution in [2.45, 2.75) is 26.2 Å². The number of benzene rings is 2. The summed E-state index contributed by atoms with van der Waals surface area (Å²) >= 11 is 0. The number of aromatic nitrogens is 2. The van der Waals surface area contributed by atoms with Crippen molar-refractivity contribution in [2.24, 2.45) is 0 Å². The van der Waals surface area contributed by atoms with Crippen LogP contribution in [0.4, 0.5) is 16.3 Å². The number of amides is 2. The molecule has 0 bridgehead atoms. The van der Waals surface area contributed by atoms with Crippen LogP contribution in [0.3, 0.4) is 0 Å². The Hall–Kier alpha value is -4.12. The number of anilines is 2. The lowest BCUT2D eigenvalue weighted by Gasteiger charge is -2.35. The SMILES string of the molecule is CCCCN(C)CCCOc1cc2ncnc(N3CCN(C(=O)Nc4ccc(C(=O)OC)cc4)CC3)c2cc1OC. The van der Waals surface area contributed by atoms with Gasteiger partial charge in [-0.05, 0) is 56.8 Å². The first-order valence-electron chi connectivity index (χ1n) is 14.1. The molecular formula is C30H40N6O5. The summed E-state index contributed by atoms with van der Waals surface area (Å²) in [4.78, 5) is 39.8. The van der Waals surface area contributed by atoms with E-state index in [1.807, 2.05) is 12.1 Å². The van der Waals surface area contributed by atoms with Gasteiger partial charge < -0.3 is 34.2 Å². The molecule has 0 saturated carbocycles. The summed E-state index contributed by atoms with van der Waals surface area (Å²) in [6.07, 6.45) is 4.88. The number of nitrogens with zero attached hydrogens (tertiary/aromatic N) is 5. The van der Waals surface area contributed by atoms with Gasteiger partial charge in [0.2, 0.25) is 0 Å². The quantitative estimate of drug-likeness (QED) is 0.255. The Morgan fingerprint density at radius 1 is 0.976 bits per heavy atom. The molecule has 0 radical (unpaired) electrons. The van der Waals surface area contributed by atoms with Crippen molar-refractivity contribution in [3.8, 4) is 11.5 Å². The number of methoxy groups -OCH3 is 2. The number of hydrogen-bond donors (Lipinski definition) is 1. The molecule has 2 amide bonds. The van der Waals surface area contributed by atoms with E-state index in [1.165, 1.54) is 20.0 Å². The highest BCUT2D eigenvalue weighted by molar-refractivity contribution is 5.93. The standard InChI is InChI=1S/C30H40N6O5/c1-5-6-12-34(2)13-7-18-41-27-20-25-24(19-26(27)39-3)28(32-21-31-25)35-14-16-36(17-15-35)30(38)33-23-10-8-22(9-11-23)29(37)40-4/h8-11,19-21H,5-7,12-18H2,1-4H3,(H,33,38). The molecular weight excluding hydrogens is 524 g/mol. The molecule has 0 atom stereocenters. The number of ether oxygens (including phenoxy) is 3. The molecule has 1 aliphatic heterocycles. The van der Waals surface area contributed by atoms with Crippen molar-refractivity contribution in [1.82, 2.24) is 19.8 Å². The minimum atomic E-state index is -0.418. The summed E-state index contributed by atoms with van der Waals surface area (Å²) in [6.45, 7) is 7.17. The summed E-state index contributed by atoms with van der Waals surface area (Å²) in [5, 5.41) is 3.77. The number of piperazine rings is 1. The average molecular weight is 565 g/mol. The van der Waals surface area contributed by atoms with Crippen LogP contribution in [0.1, 0.15) is 36.5 Å². The van der Waals surface area contributed by atoms with Crippen molar-refractivity contribution in [3.63, 3.8) is 0 Å². The maximum Gasteiger partial charge on any atom is 0.337 e. The minimum Gasteiger partial charge on any atom is -0.493 e. The molecule has 3 aromatic rings. The van der Waals surface area contributed by atoms with Gasteiger partial charge in [-0.2, -0.15) is 0 Å². The molecule has 11 heteroatoms. The van der Waals surface area contributed by atoms with E-state index in [0.717, 1.165) is 36.2 Å². The van der Waals surface area contributed by atoms with E-state index in [9.17, 15) is 9.59 Å². The maximum absolute atomic E-state index is 12.9. The van der Waals surface area contributed by atoms with Gasteiger partial charge in [-0.3, -0.25) is 0 Å². The molecule has 2 aromatic carbocycles. The highest BCUT2D eigenvalue weighted by atomic mass is 16.5. The zero-order valence-corrected chi connectivity index (χ0v) is 24.4. The fraction of sp³-hybridized carbons (Fsp3) is 0.467. The summed E-state index contributed by atoms with van der Waals surface area (Å²) in [5.74, 6) is 1.70.